The summed E-state index contributed by atoms with van der Waals surface area (Å²) in [7, 11) is 0. The molecule has 1 aromatic rings. The second kappa shape index (κ2) is 5.03. The lowest BCUT2D eigenvalue weighted by Gasteiger charge is -2.19. The normalized spacial score (nSPS) is 30.9. The first-order valence-corrected chi connectivity index (χ1v) is 7.45. The van der Waals surface area contributed by atoms with Crippen molar-refractivity contribution in [1.82, 2.24) is 0 Å². The monoisotopic (exact) mass is 293 g/mol. The molecule has 2 fully saturated rings. The lowest BCUT2D eigenvalue weighted by molar-refractivity contribution is -0.110. The Labute approximate surface area is 128 Å². The number of benzene rings is 1. The predicted molar refractivity (Wildman–Crippen MR) is 78.1 cm³/mol. The van der Waals surface area contributed by atoms with E-state index in [9.17, 15) is 4.79 Å². The molecule has 0 bridgehead atoms. The fourth-order valence-corrected chi connectivity index (χ4v) is 3.44. The van der Waals surface area contributed by atoms with E-state index >= 15 is 0 Å². The van der Waals surface area contributed by atoms with Gasteiger partial charge in [0.05, 0.1) is 17.6 Å². The van der Waals surface area contributed by atoms with E-state index in [-0.39, 0.29) is 12.0 Å². The third-order valence-corrected chi connectivity index (χ3v) is 4.64. The van der Waals surface area contributed by atoms with E-state index in [0.717, 1.165) is 29.8 Å². The van der Waals surface area contributed by atoms with Gasteiger partial charge in [-0.3, -0.25) is 0 Å². The molecule has 0 N–H and O–H groups in total. The van der Waals surface area contributed by atoms with Crippen molar-refractivity contribution in [3.63, 3.8) is 0 Å². The number of fused-ring (bicyclic) bond motifs is 3. The quantitative estimate of drug-likeness (QED) is 0.801. The molecule has 1 aromatic carbocycles. The van der Waals surface area contributed by atoms with Gasteiger partial charge in [-0.2, -0.15) is 5.26 Å². The predicted octanol–water partition coefficient (Wildman–Crippen LogP) is 2.71. The van der Waals surface area contributed by atoms with E-state index in [0.29, 0.717) is 24.0 Å². The minimum Gasteiger partial charge on any atom is -0.493 e. The summed E-state index contributed by atoms with van der Waals surface area (Å²) in [5.74, 6) is 2.56. The molecule has 4 rings (SSSR count). The molecule has 0 radical (unpaired) electrons. The van der Waals surface area contributed by atoms with Gasteiger partial charge in [0.15, 0.2) is 0 Å². The van der Waals surface area contributed by atoms with Gasteiger partial charge in [0.25, 0.3) is 0 Å². The highest BCUT2D eigenvalue weighted by Crippen LogP contribution is 2.58. The molecular weight excluding hydrogens is 278 g/mol. The maximum atomic E-state index is 10.9. The zero-order valence-electron chi connectivity index (χ0n) is 11.9. The largest absolute Gasteiger partial charge is 0.493 e. The van der Waals surface area contributed by atoms with Crippen LogP contribution in [0.15, 0.2) is 47.9 Å². The maximum absolute atomic E-state index is 10.9. The number of hydrogen-bond donors (Lipinski definition) is 0. The molecule has 1 heterocycles. The molecule has 0 aromatic heterocycles. The molecule has 4 atom stereocenters. The van der Waals surface area contributed by atoms with Crippen LogP contribution in [0.2, 0.25) is 0 Å². The first kappa shape index (κ1) is 13.1. The summed E-state index contributed by atoms with van der Waals surface area (Å²) in [4.78, 5) is 10.9. The molecule has 22 heavy (non-hydrogen) atoms. The Hall–Kier alpha value is -2.54. The summed E-state index contributed by atoms with van der Waals surface area (Å²) in [5, 5.41) is 8.90. The molecule has 1 aliphatic heterocycles. The van der Waals surface area contributed by atoms with Crippen molar-refractivity contribution >= 4 is 6.29 Å². The van der Waals surface area contributed by atoms with Gasteiger partial charge in [0.2, 0.25) is 0 Å². The third kappa shape index (κ3) is 2.10. The van der Waals surface area contributed by atoms with Gasteiger partial charge in [-0.05, 0) is 30.2 Å². The average Bonchev–Trinajstić information content (AvgIpc) is 3.13. The van der Waals surface area contributed by atoms with Gasteiger partial charge in [-0.1, -0.05) is 12.1 Å². The van der Waals surface area contributed by atoms with Crippen LogP contribution in [0, 0.1) is 29.1 Å². The number of allylic oxidation sites excluding steroid dienone is 3. The zero-order valence-corrected chi connectivity index (χ0v) is 11.9. The molecule has 1 unspecified atom stereocenters. The fourth-order valence-electron chi connectivity index (χ4n) is 3.44. The summed E-state index contributed by atoms with van der Waals surface area (Å²) in [6.07, 6.45) is 5.98. The van der Waals surface area contributed by atoms with Crippen molar-refractivity contribution < 1.29 is 14.3 Å². The summed E-state index contributed by atoms with van der Waals surface area (Å²) >= 11 is 0. The molecule has 2 aliphatic carbocycles. The van der Waals surface area contributed by atoms with Gasteiger partial charge in [-0.15, -0.1) is 0 Å². The SMILES string of the molecule is N#Cc1cccc(COC2=CCC3C(=C2)O[C@H]2[C@H](C=O)[C@@H]32)c1. The first-order chi connectivity index (χ1) is 10.8. The van der Waals surface area contributed by atoms with Crippen molar-refractivity contribution in [3.8, 4) is 6.07 Å². The van der Waals surface area contributed by atoms with Crippen LogP contribution in [0.1, 0.15) is 17.5 Å². The standard InChI is InChI=1S/C18H15NO3/c19-8-11-2-1-3-12(6-11)10-21-13-4-5-14-16(7-13)22-18-15(9-20)17(14)18/h1-4,6-7,9,14-15,17-18H,5,10H2/t14?,15-,17-,18+/m1/s1. The van der Waals surface area contributed by atoms with Crippen LogP contribution < -0.4 is 0 Å². The number of ether oxygens (including phenoxy) is 2. The first-order valence-electron chi connectivity index (χ1n) is 7.45. The molecule has 3 aliphatic rings. The Morgan fingerprint density at radius 2 is 2.36 bits per heavy atom. The number of rotatable bonds is 4. The van der Waals surface area contributed by atoms with Crippen LogP contribution in [0.25, 0.3) is 0 Å². The van der Waals surface area contributed by atoms with Gasteiger partial charge in [0.1, 0.15) is 30.5 Å². The van der Waals surface area contributed by atoms with Crippen molar-refractivity contribution in [2.75, 3.05) is 0 Å². The molecule has 110 valence electrons. The number of aldehydes is 1. The molecule has 1 saturated carbocycles. The number of nitrogens with zero attached hydrogens (tertiary/aromatic N) is 1. The minimum atomic E-state index is 0.0896. The van der Waals surface area contributed by atoms with E-state index in [1.54, 1.807) is 6.07 Å². The van der Waals surface area contributed by atoms with Gasteiger partial charge in [-0.25, -0.2) is 0 Å². The van der Waals surface area contributed by atoms with Crippen LogP contribution in [0.4, 0.5) is 0 Å². The Kier molecular flexibility index (Phi) is 3.00. The number of hydrogen-bond acceptors (Lipinski definition) is 4. The highest BCUT2D eigenvalue weighted by atomic mass is 16.5. The maximum Gasteiger partial charge on any atom is 0.127 e. The Bertz CT molecular complexity index is 728. The highest BCUT2D eigenvalue weighted by Gasteiger charge is 2.62. The van der Waals surface area contributed by atoms with Gasteiger partial charge in [0, 0.05) is 17.9 Å². The Balaban J connectivity index is 1.40. The van der Waals surface area contributed by atoms with E-state index in [1.807, 2.05) is 24.3 Å². The fraction of sp³-hybridized carbons (Fsp3) is 0.333. The van der Waals surface area contributed by atoms with Crippen LogP contribution >= 0.6 is 0 Å². The van der Waals surface area contributed by atoms with Crippen molar-refractivity contribution in [2.45, 2.75) is 19.1 Å². The minimum absolute atomic E-state index is 0.0896. The summed E-state index contributed by atoms with van der Waals surface area (Å²) < 4.78 is 11.6. The zero-order chi connectivity index (χ0) is 15.1. The molecular formula is C18H15NO3. The number of carbonyl (C=O) groups excluding carboxylic acids is 1. The van der Waals surface area contributed by atoms with Crippen molar-refractivity contribution in [3.05, 3.63) is 59.1 Å². The molecule has 4 heteroatoms. The summed E-state index contributed by atoms with van der Waals surface area (Å²) in [6.45, 7) is 0.430. The smallest absolute Gasteiger partial charge is 0.127 e. The van der Waals surface area contributed by atoms with Crippen molar-refractivity contribution in [2.24, 2.45) is 17.8 Å². The van der Waals surface area contributed by atoms with Crippen molar-refractivity contribution in [1.29, 1.82) is 5.26 Å². The van der Waals surface area contributed by atoms with Gasteiger partial charge < -0.3 is 14.3 Å². The van der Waals surface area contributed by atoms with Crippen LogP contribution in [0.3, 0.4) is 0 Å². The molecule has 0 spiro atoms. The molecule has 1 saturated heterocycles. The average molecular weight is 293 g/mol. The lowest BCUT2D eigenvalue weighted by Crippen LogP contribution is -2.11. The van der Waals surface area contributed by atoms with Crippen LogP contribution in [-0.4, -0.2) is 12.4 Å². The number of carbonyl (C=O) groups is 1. The highest BCUT2D eigenvalue weighted by molar-refractivity contribution is 5.62. The van der Waals surface area contributed by atoms with Crippen LogP contribution in [-0.2, 0) is 20.9 Å². The number of nitriles is 1. The van der Waals surface area contributed by atoms with E-state index < -0.39 is 0 Å². The second-order valence-electron chi connectivity index (χ2n) is 5.97. The van der Waals surface area contributed by atoms with Gasteiger partial charge >= 0.3 is 0 Å². The molecule has 4 nitrogen and oxygen atoms in total. The molecule has 0 amide bonds. The lowest BCUT2D eigenvalue weighted by atomic mass is 9.93. The topological polar surface area (TPSA) is 59.3 Å². The third-order valence-electron chi connectivity index (χ3n) is 4.64. The van der Waals surface area contributed by atoms with Crippen LogP contribution in [0.5, 0.6) is 0 Å². The second-order valence-corrected chi connectivity index (χ2v) is 5.97. The summed E-state index contributed by atoms with van der Waals surface area (Å²) in [6, 6.07) is 9.52. The van der Waals surface area contributed by atoms with E-state index in [4.69, 9.17) is 14.7 Å². The Morgan fingerprint density at radius 3 is 3.18 bits per heavy atom. The van der Waals surface area contributed by atoms with E-state index in [2.05, 4.69) is 12.1 Å². The van der Waals surface area contributed by atoms with E-state index in [1.165, 1.54) is 0 Å². The summed E-state index contributed by atoms with van der Waals surface area (Å²) in [5.41, 5.74) is 1.60. The Morgan fingerprint density at radius 1 is 1.45 bits per heavy atom.